The van der Waals surface area contributed by atoms with Crippen LogP contribution < -0.4 is 10.6 Å². The van der Waals surface area contributed by atoms with Crippen LogP contribution in [-0.4, -0.2) is 36.2 Å². The molecule has 2 N–H and O–H groups in total. The summed E-state index contributed by atoms with van der Waals surface area (Å²) in [4.78, 5) is 26.4. The molecule has 8 heteroatoms. The molecule has 8 nitrogen and oxygen atoms in total. The number of carbonyl (C=O) groups excluding carboxylic acids is 2. The second-order valence-corrected chi connectivity index (χ2v) is 9.74. The van der Waals surface area contributed by atoms with Crippen molar-refractivity contribution in [1.82, 2.24) is 10.5 Å². The maximum absolute atomic E-state index is 13.5. The van der Waals surface area contributed by atoms with E-state index in [-0.39, 0.29) is 17.7 Å². The van der Waals surface area contributed by atoms with Crippen LogP contribution in [0.3, 0.4) is 0 Å². The Morgan fingerprint density at radius 1 is 1.09 bits per heavy atom. The van der Waals surface area contributed by atoms with Crippen molar-refractivity contribution in [2.45, 2.75) is 76.2 Å². The Bertz CT molecular complexity index is 1040. The molecule has 4 rings (SSSR count). The van der Waals surface area contributed by atoms with E-state index in [9.17, 15) is 14.9 Å². The van der Waals surface area contributed by atoms with Crippen LogP contribution in [0.15, 0.2) is 35.1 Å². The number of benzene rings is 1. The molecule has 186 valence electrons. The molecule has 2 heterocycles. The predicted octanol–water partition coefficient (Wildman–Crippen LogP) is 4.65. The minimum atomic E-state index is -0.657. The summed E-state index contributed by atoms with van der Waals surface area (Å²) >= 11 is 0. The number of anilines is 1. The van der Waals surface area contributed by atoms with Crippen LogP contribution in [0.4, 0.5) is 5.69 Å². The molecule has 1 aliphatic carbocycles. The number of ether oxygens (including phenoxy) is 1. The highest BCUT2D eigenvalue weighted by molar-refractivity contribution is 6.01. The lowest BCUT2D eigenvalue weighted by atomic mass is 9.75. The number of nitrogens with one attached hydrogen (secondary N) is 2. The van der Waals surface area contributed by atoms with E-state index in [0.717, 1.165) is 44.1 Å². The first-order chi connectivity index (χ1) is 17.0. The Morgan fingerprint density at radius 3 is 2.34 bits per heavy atom. The maximum Gasteiger partial charge on any atom is 0.257 e. The lowest BCUT2D eigenvalue weighted by Gasteiger charge is -2.31. The zero-order chi connectivity index (χ0) is 24.7. The summed E-state index contributed by atoms with van der Waals surface area (Å²) in [5.41, 5.74) is 1.87. The molecule has 1 aromatic heterocycles. The third-order valence-corrected chi connectivity index (χ3v) is 7.45. The number of nitriles is 1. The molecule has 1 saturated carbocycles. The lowest BCUT2D eigenvalue weighted by molar-refractivity contribution is -0.119. The minimum Gasteiger partial charge on any atom is -0.381 e. The van der Waals surface area contributed by atoms with E-state index in [2.05, 4.69) is 21.9 Å². The Kier molecular flexibility index (Phi) is 8.19. The lowest BCUT2D eigenvalue weighted by Crippen LogP contribution is -2.48. The standard InChI is InChI=1S/C27H34N4O4/c1-19-23(17-35-31-19)25(32)30-24(20-7-5-3-2-4-6-8-20)26(33)29-22-11-9-21(10-12-22)27(18-28)13-15-34-16-14-27/h9-12,17,20,24H,2-8,13-16H2,1H3,(H,29,33)(H,30,32). The SMILES string of the molecule is Cc1nocc1C(=O)NC(C(=O)Nc1ccc(C2(C#N)CCOCC2)cc1)C1CCCCCCC1. The zero-order valence-electron chi connectivity index (χ0n) is 20.3. The van der Waals surface area contributed by atoms with Gasteiger partial charge in [-0.1, -0.05) is 49.4 Å². The largest absolute Gasteiger partial charge is 0.381 e. The molecule has 1 saturated heterocycles. The average molecular weight is 479 g/mol. The highest BCUT2D eigenvalue weighted by atomic mass is 16.5. The van der Waals surface area contributed by atoms with E-state index in [1.165, 1.54) is 12.7 Å². The van der Waals surface area contributed by atoms with Crippen molar-refractivity contribution in [2.24, 2.45) is 5.92 Å². The molecule has 2 amide bonds. The summed E-state index contributed by atoms with van der Waals surface area (Å²) in [5.74, 6) is -0.522. The van der Waals surface area contributed by atoms with Gasteiger partial charge in [-0.15, -0.1) is 0 Å². The number of amides is 2. The average Bonchev–Trinajstić information content (AvgIpc) is 3.29. The Balaban J connectivity index is 1.50. The summed E-state index contributed by atoms with van der Waals surface area (Å²) in [7, 11) is 0. The molecule has 2 aromatic rings. The van der Waals surface area contributed by atoms with Crippen molar-refractivity contribution in [3.63, 3.8) is 0 Å². The number of aryl methyl sites for hydroxylation is 1. The molecule has 0 bridgehead atoms. The highest BCUT2D eigenvalue weighted by Crippen LogP contribution is 2.35. The van der Waals surface area contributed by atoms with Gasteiger partial charge >= 0.3 is 0 Å². The van der Waals surface area contributed by atoms with Gasteiger partial charge < -0.3 is 19.9 Å². The number of hydrogen-bond acceptors (Lipinski definition) is 6. The maximum atomic E-state index is 13.5. The fourth-order valence-electron chi connectivity index (χ4n) is 5.23. The van der Waals surface area contributed by atoms with E-state index in [0.29, 0.717) is 43.0 Å². The van der Waals surface area contributed by atoms with E-state index >= 15 is 0 Å². The molecule has 1 aliphatic heterocycles. The number of rotatable bonds is 6. The molecule has 2 aliphatic rings. The number of carbonyl (C=O) groups is 2. The van der Waals surface area contributed by atoms with Gasteiger partial charge in [-0.25, -0.2) is 0 Å². The van der Waals surface area contributed by atoms with Gasteiger partial charge in [-0.2, -0.15) is 5.26 Å². The van der Waals surface area contributed by atoms with Crippen LogP contribution in [-0.2, 0) is 14.9 Å². The van der Waals surface area contributed by atoms with Crippen LogP contribution >= 0.6 is 0 Å². The van der Waals surface area contributed by atoms with Crippen molar-refractivity contribution >= 4 is 17.5 Å². The van der Waals surface area contributed by atoms with Crippen LogP contribution in [0, 0.1) is 24.2 Å². The first-order valence-corrected chi connectivity index (χ1v) is 12.6. The summed E-state index contributed by atoms with van der Waals surface area (Å²) < 4.78 is 10.4. The van der Waals surface area contributed by atoms with Gasteiger partial charge in [0, 0.05) is 18.9 Å². The van der Waals surface area contributed by atoms with Crippen molar-refractivity contribution in [3.8, 4) is 6.07 Å². The fourth-order valence-corrected chi connectivity index (χ4v) is 5.23. The number of aromatic nitrogens is 1. The number of nitrogens with zero attached hydrogens (tertiary/aromatic N) is 2. The van der Waals surface area contributed by atoms with E-state index in [1.807, 2.05) is 24.3 Å². The predicted molar refractivity (Wildman–Crippen MR) is 131 cm³/mol. The van der Waals surface area contributed by atoms with Crippen molar-refractivity contribution in [3.05, 3.63) is 47.3 Å². The van der Waals surface area contributed by atoms with Crippen LogP contribution in [0.25, 0.3) is 0 Å². The molecule has 1 atom stereocenters. The van der Waals surface area contributed by atoms with E-state index in [4.69, 9.17) is 9.26 Å². The van der Waals surface area contributed by atoms with Crippen molar-refractivity contribution in [2.75, 3.05) is 18.5 Å². The van der Waals surface area contributed by atoms with E-state index in [1.54, 1.807) is 6.92 Å². The van der Waals surface area contributed by atoms with Gasteiger partial charge in [-0.05, 0) is 56.2 Å². The molecular formula is C27H34N4O4. The van der Waals surface area contributed by atoms with Gasteiger partial charge in [0.2, 0.25) is 5.91 Å². The second-order valence-electron chi connectivity index (χ2n) is 9.74. The minimum absolute atomic E-state index is 0.0581. The summed E-state index contributed by atoms with van der Waals surface area (Å²) in [6, 6.07) is 9.32. The Hall–Kier alpha value is -3.18. The van der Waals surface area contributed by atoms with Crippen LogP contribution in [0.5, 0.6) is 0 Å². The monoisotopic (exact) mass is 478 g/mol. The molecule has 2 fully saturated rings. The summed E-state index contributed by atoms with van der Waals surface area (Å²) in [6.45, 7) is 2.85. The quantitative estimate of drug-likeness (QED) is 0.624. The summed E-state index contributed by atoms with van der Waals surface area (Å²) in [6.07, 6.45) is 10.0. The van der Waals surface area contributed by atoms with Gasteiger partial charge in [-0.3, -0.25) is 9.59 Å². The Labute approximate surface area is 206 Å². The van der Waals surface area contributed by atoms with Crippen molar-refractivity contribution in [1.29, 1.82) is 5.26 Å². The van der Waals surface area contributed by atoms with Gasteiger partial charge in [0.15, 0.2) is 0 Å². The highest BCUT2D eigenvalue weighted by Gasteiger charge is 2.35. The smallest absolute Gasteiger partial charge is 0.257 e. The second kappa shape index (κ2) is 11.5. The number of hydrogen-bond donors (Lipinski definition) is 2. The van der Waals surface area contributed by atoms with Gasteiger partial charge in [0.25, 0.3) is 5.91 Å². The molecular weight excluding hydrogens is 444 g/mol. The molecule has 0 spiro atoms. The first kappa shape index (κ1) is 24.9. The third-order valence-electron chi connectivity index (χ3n) is 7.45. The fraction of sp³-hybridized carbons (Fsp3) is 0.556. The van der Waals surface area contributed by atoms with Crippen LogP contribution in [0.1, 0.15) is 79.4 Å². The topological polar surface area (TPSA) is 117 Å². The van der Waals surface area contributed by atoms with E-state index < -0.39 is 11.5 Å². The molecule has 0 radical (unpaired) electrons. The van der Waals surface area contributed by atoms with Gasteiger partial charge in [0.1, 0.15) is 17.9 Å². The first-order valence-electron chi connectivity index (χ1n) is 12.6. The molecule has 1 aromatic carbocycles. The third kappa shape index (κ3) is 5.91. The van der Waals surface area contributed by atoms with Crippen LogP contribution in [0.2, 0.25) is 0 Å². The molecule has 35 heavy (non-hydrogen) atoms. The van der Waals surface area contributed by atoms with Gasteiger partial charge in [0.05, 0.1) is 17.2 Å². The zero-order valence-corrected chi connectivity index (χ0v) is 20.3. The van der Waals surface area contributed by atoms with Crippen molar-refractivity contribution < 1.29 is 18.8 Å². The normalized spacial score (nSPS) is 19.5. The Morgan fingerprint density at radius 2 is 1.74 bits per heavy atom. The summed E-state index contributed by atoms with van der Waals surface area (Å²) in [5, 5.41) is 19.6. The molecule has 1 unspecified atom stereocenters.